The van der Waals surface area contributed by atoms with Crippen LogP contribution < -0.4 is 31.5 Å². The number of aromatic nitrogens is 5. The first-order valence-electron chi connectivity index (χ1n) is 26.6. The summed E-state index contributed by atoms with van der Waals surface area (Å²) in [6, 6.07) is 13.5. The minimum atomic E-state index is -1.01. The number of aliphatic hydroxyl groups excluding tert-OH is 1. The van der Waals surface area contributed by atoms with Gasteiger partial charge in [-0.05, 0) is 87.6 Å². The van der Waals surface area contributed by atoms with Gasteiger partial charge < -0.3 is 46.2 Å². The first-order chi connectivity index (χ1) is 36.4. The third-order valence-electron chi connectivity index (χ3n) is 14.4. The van der Waals surface area contributed by atoms with Crippen LogP contribution >= 0.6 is 23.1 Å². The summed E-state index contributed by atoms with van der Waals surface area (Å²) in [6.45, 7) is 15.2. The van der Waals surface area contributed by atoms with Crippen LogP contribution in [0, 0.1) is 12.3 Å². The van der Waals surface area contributed by atoms with Crippen molar-refractivity contribution in [2.45, 2.75) is 152 Å². The number of carbonyl (C=O) groups is 4. The third-order valence-corrected chi connectivity index (χ3v) is 16.3. The van der Waals surface area contributed by atoms with Gasteiger partial charge in [-0.15, -0.1) is 11.3 Å². The zero-order chi connectivity index (χ0) is 54.0. The van der Waals surface area contributed by atoms with Crippen LogP contribution in [0.3, 0.4) is 0 Å². The highest BCUT2D eigenvalue weighted by molar-refractivity contribution is 7.99. The Balaban J connectivity index is 0.712. The number of nitrogens with one attached hydrogen (secondary N) is 3. The first-order valence-corrected chi connectivity index (χ1v) is 28.3. The largest absolute Gasteiger partial charge is 0.391 e. The maximum Gasteiger partial charge on any atom is 0.255 e. The molecule has 5 aromatic rings. The Morgan fingerprint density at radius 3 is 2.33 bits per heavy atom. The first kappa shape index (κ1) is 56.2. The van der Waals surface area contributed by atoms with Crippen LogP contribution in [0.5, 0.6) is 0 Å². The van der Waals surface area contributed by atoms with Crippen LogP contribution in [-0.4, -0.2) is 128 Å². The van der Waals surface area contributed by atoms with Gasteiger partial charge in [0.1, 0.15) is 22.9 Å². The van der Waals surface area contributed by atoms with Gasteiger partial charge in [0.2, 0.25) is 23.7 Å². The van der Waals surface area contributed by atoms with Crippen molar-refractivity contribution in [3.63, 3.8) is 0 Å². The molecule has 406 valence electrons. The lowest BCUT2D eigenvalue weighted by Gasteiger charge is -2.37. The number of nitrogens with two attached hydrogens (primary N) is 1. The van der Waals surface area contributed by atoms with E-state index < -0.39 is 35.4 Å². The summed E-state index contributed by atoms with van der Waals surface area (Å²) in [4.78, 5) is 84.9. The van der Waals surface area contributed by atoms with Gasteiger partial charge in [0.25, 0.3) is 5.91 Å². The molecule has 0 saturated carbocycles. The summed E-state index contributed by atoms with van der Waals surface area (Å²) in [5.41, 5.74) is 11.1. The summed E-state index contributed by atoms with van der Waals surface area (Å²) < 4.78 is 6.22. The summed E-state index contributed by atoms with van der Waals surface area (Å²) >= 11 is 3.09. The Labute approximate surface area is 454 Å². The number of aryl methyl sites for hydroxylation is 1. The predicted molar refractivity (Wildman–Crippen MR) is 297 cm³/mol. The Morgan fingerprint density at radius 2 is 1.63 bits per heavy atom. The number of amides is 4. The molecule has 3 aliphatic rings. The van der Waals surface area contributed by atoms with Gasteiger partial charge in [0.15, 0.2) is 0 Å². The number of carbonyl (C=O) groups excluding carboxylic acids is 4. The van der Waals surface area contributed by atoms with Crippen LogP contribution in [0.1, 0.15) is 126 Å². The average molecular weight is 1080 g/mol. The van der Waals surface area contributed by atoms with Crippen molar-refractivity contribution >= 4 is 64.2 Å². The molecule has 4 amide bonds. The van der Waals surface area contributed by atoms with Crippen molar-refractivity contribution < 1.29 is 29.0 Å². The molecule has 3 aliphatic heterocycles. The number of ether oxygens (including phenoxy) is 1. The lowest BCUT2D eigenvalue weighted by Crippen LogP contribution is -2.57. The molecule has 0 bridgehead atoms. The minimum absolute atomic E-state index is 0.00264. The quantitative estimate of drug-likeness (QED) is 0.0443. The number of nitrogens with zero attached hydrogens (tertiary/aromatic N) is 8. The molecule has 5 atom stereocenters. The summed E-state index contributed by atoms with van der Waals surface area (Å²) in [6.07, 6.45) is 13.7. The maximum absolute atomic E-state index is 14.3. The monoisotopic (exact) mass is 1070 g/mol. The van der Waals surface area contributed by atoms with E-state index >= 15 is 0 Å². The zero-order valence-corrected chi connectivity index (χ0v) is 46.3. The van der Waals surface area contributed by atoms with Crippen molar-refractivity contribution in [2.75, 3.05) is 54.4 Å². The van der Waals surface area contributed by atoms with E-state index in [1.165, 1.54) is 29.1 Å². The number of likely N-dealkylation sites (tertiary alicyclic amines) is 1. The molecular weight excluding hydrogens is 1000 g/mol. The smallest absolute Gasteiger partial charge is 0.255 e. The number of anilines is 3. The molecule has 8 rings (SSSR count). The van der Waals surface area contributed by atoms with Crippen molar-refractivity contribution in [1.82, 2.24) is 40.5 Å². The number of piperidine rings is 1. The topological polar surface area (TPSA) is 234 Å². The Hall–Kier alpha value is -6.06. The lowest BCUT2D eigenvalue weighted by atomic mass is 9.85. The van der Waals surface area contributed by atoms with Gasteiger partial charge in [-0.2, -0.15) is 0 Å². The van der Waals surface area contributed by atoms with Crippen LogP contribution in [0.4, 0.5) is 17.5 Å². The normalized spacial score (nSPS) is 19.3. The average Bonchev–Trinajstić information content (AvgIpc) is 4.17. The maximum atomic E-state index is 14.3. The second kappa shape index (κ2) is 25.4. The number of hydrogen-bond acceptors (Lipinski definition) is 16. The number of unbranched alkanes of at least 4 members (excludes halogenated alkanes) is 4. The number of thiazole rings is 1. The van der Waals surface area contributed by atoms with Gasteiger partial charge in [-0.25, -0.2) is 24.9 Å². The molecule has 0 radical (unpaired) electrons. The third kappa shape index (κ3) is 15.1. The van der Waals surface area contributed by atoms with E-state index in [-0.39, 0.29) is 48.0 Å². The van der Waals surface area contributed by atoms with E-state index in [9.17, 15) is 24.3 Å². The number of aliphatic hydroxyl groups is 1. The number of rotatable bonds is 21. The fourth-order valence-electron chi connectivity index (χ4n) is 9.80. The van der Waals surface area contributed by atoms with Gasteiger partial charge in [-0.1, -0.05) is 82.1 Å². The van der Waals surface area contributed by atoms with E-state index in [1.54, 1.807) is 17.5 Å². The lowest BCUT2D eigenvalue weighted by molar-refractivity contribution is -0.142. The van der Waals surface area contributed by atoms with Crippen LogP contribution in [-0.2, 0) is 19.1 Å². The zero-order valence-electron chi connectivity index (χ0n) is 44.7. The fourth-order valence-corrected chi connectivity index (χ4v) is 11.4. The van der Waals surface area contributed by atoms with E-state index in [1.807, 2.05) is 99.8 Å². The van der Waals surface area contributed by atoms with Crippen LogP contribution in [0.25, 0.3) is 10.4 Å². The summed E-state index contributed by atoms with van der Waals surface area (Å²) in [5, 5.41) is 20.5. The molecule has 76 heavy (non-hydrogen) atoms. The Kier molecular flexibility index (Phi) is 18.8. The Bertz CT molecular complexity index is 2740. The highest BCUT2D eigenvalue weighted by Crippen LogP contribution is 2.32. The molecule has 20 heteroatoms. The van der Waals surface area contributed by atoms with Gasteiger partial charge in [0, 0.05) is 80.7 Å². The molecule has 3 aromatic heterocycles. The fraction of sp³-hybridized carbons (Fsp3) is 0.518. The second-order valence-electron chi connectivity index (χ2n) is 21.8. The molecule has 0 aliphatic carbocycles. The van der Waals surface area contributed by atoms with Crippen molar-refractivity contribution in [2.24, 2.45) is 11.1 Å². The van der Waals surface area contributed by atoms with Crippen molar-refractivity contribution in [3.8, 4) is 10.4 Å². The molecule has 18 nitrogen and oxygen atoms in total. The SMILES string of the molecule is Cc1ncsc1-c1ccc([C@H](C)NC(=O)[C@@H]2C[C@@H](O)CN2C(=O)[C@@H](NC(=O)c2cnc(N3CC[C@@H](OCCCCCCCC(=O)Nc4cccc(Sc5cnc(N6CCC(C)(N)CC6)cn5)c4)C3)nc2)C(C)(C)C)cc1. The van der Waals surface area contributed by atoms with E-state index in [2.05, 4.69) is 52.7 Å². The highest BCUT2D eigenvalue weighted by Gasteiger charge is 2.45. The molecule has 6 heterocycles. The second-order valence-corrected chi connectivity index (χ2v) is 23.8. The van der Waals surface area contributed by atoms with Crippen molar-refractivity contribution in [3.05, 3.63) is 95.6 Å². The van der Waals surface area contributed by atoms with Gasteiger partial charge in [0.05, 0.1) is 52.3 Å². The summed E-state index contributed by atoms with van der Waals surface area (Å²) in [5.74, 6) is 0.0207. The van der Waals surface area contributed by atoms with Crippen molar-refractivity contribution in [1.29, 1.82) is 0 Å². The number of benzene rings is 2. The standard InChI is InChI=1S/C56H74N12O6S2/c1-36(38-16-18-39(19-17-38)49-37(2)62-35-75-49)63-52(72)45-28-42(69)33-68(45)53(73)50(55(3,4)5)65-51(71)40-29-60-54(61-30-40)67-23-20-43(34-67)74-26-11-9-7-8-10-15-47(70)64-41-13-12-14-44(27-41)76-48-32-58-46(31-59-48)66-24-21-56(6,57)22-25-66/h12-14,16-19,27,29-32,35-36,42-43,45,50,69H,7-11,15,20-26,28,33-34,57H2,1-6H3,(H,63,72)(H,64,70)(H,65,71)/t36-,42+,43+,45-,50+/m0/s1. The Morgan fingerprint density at radius 1 is 0.895 bits per heavy atom. The minimum Gasteiger partial charge on any atom is -0.391 e. The van der Waals surface area contributed by atoms with E-state index in [4.69, 9.17) is 10.5 Å². The summed E-state index contributed by atoms with van der Waals surface area (Å²) in [7, 11) is 0. The number of hydrogen-bond donors (Lipinski definition) is 5. The molecule has 3 fully saturated rings. The van der Waals surface area contributed by atoms with Gasteiger partial charge in [-0.3, -0.25) is 19.2 Å². The van der Waals surface area contributed by atoms with Crippen LogP contribution in [0.15, 0.2) is 88.8 Å². The molecule has 3 saturated heterocycles. The van der Waals surface area contributed by atoms with E-state index in [0.29, 0.717) is 32.1 Å². The van der Waals surface area contributed by atoms with Crippen LogP contribution in [0.2, 0.25) is 0 Å². The van der Waals surface area contributed by atoms with Gasteiger partial charge >= 0.3 is 0 Å². The number of β-amino-alcohol motifs (C(OH)–C–C–N with tert-alkyl or cyclic N) is 1. The molecule has 6 N–H and O–H groups in total. The predicted octanol–water partition coefficient (Wildman–Crippen LogP) is 7.73. The molecular formula is C56H74N12O6S2. The van der Waals surface area contributed by atoms with E-state index in [0.717, 1.165) is 108 Å². The highest BCUT2D eigenvalue weighted by atomic mass is 32.2. The molecule has 0 spiro atoms. The molecule has 2 aromatic carbocycles. The molecule has 0 unspecified atom stereocenters.